The van der Waals surface area contributed by atoms with E-state index in [0.29, 0.717) is 16.9 Å². The summed E-state index contributed by atoms with van der Waals surface area (Å²) >= 11 is 0. The number of carbonyl (C=O) groups excluding carboxylic acids is 2. The van der Waals surface area contributed by atoms with Crippen molar-refractivity contribution in [3.63, 3.8) is 0 Å². The minimum absolute atomic E-state index is 0.0187. The van der Waals surface area contributed by atoms with Gasteiger partial charge in [-0.3, -0.25) is 9.59 Å². The third-order valence-electron chi connectivity index (χ3n) is 5.15. The molecule has 0 aliphatic carbocycles. The molecule has 7 heteroatoms. The molecule has 0 spiro atoms. The maximum absolute atomic E-state index is 12.9. The van der Waals surface area contributed by atoms with Crippen LogP contribution in [0.2, 0.25) is 0 Å². The van der Waals surface area contributed by atoms with E-state index in [1.165, 1.54) is 0 Å². The van der Waals surface area contributed by atoms with Crippen LogP contribution in [0, 0.1) is 20.8 Å². The molecule has 2 heterocycles. The molecule has 2 aromatic heterocycles. The first kappa shape index (κ1) is 20.4. The van der Waals surface area contributed by atoms with Gasteiger partial charge < -0.3 is 19.0 Å². The summed E-state index contributed by atoms with van der Waals surface area (Å²) in [6, 6.07) is 14.3. The summed E-state index contributed by atoms with van der Waals surface area (Å²) in [6.07, 6.45) is 0.413. The van der Waals surface area contributed by atoms with E-state index >= 15 is 0 Å². The smallest absolute Gasteiger partial charge is 0.311 e. The Kier molecular flexibility index (Phi) is 5.58. The van der Waals surface area contributed by atoms with Gasteiger partial charge in [0.1, 0.15) is 11.3 Å². The zero-order valence-electron chi connectivity index (χ0n) is 17.5. The number of fused-ring (bicyclic) bond motifs is 1. The second-order valence-electron chi connectivity index (χ2n) is 7.41. The fourth-order valence-corrected chi connectivity index (χ4v) is 3.37. The van der Waals surface area contributed by atoms with Crippen LogP contribution in [0.5, 0.6) is 0 Å². The number of benzene rings is 2. The molecule has 1 amide bonds. The Hall–Kier alpha value is -3.87. The molecule has 4 aromatic rings. The number of carbonyl (C=O) groups is 2. The standard InChI is InChI=1S/C24H22N2O5/c1-14-9-10-19-18(13-29-22(19)16(14)3)12-21(27)30-23(17-7-5-4-6-8-17)24(28)25-20-11-15(2)31-26-20/h4-11,13,23H,12H2,1-3H3,(H,25,26,28). The molecule has 4 rings (SSSR count). The fourth-order valence-electron chi connectivity index (χ4n) is 3.37. The number of aryl methyl sites for hydroxylation is 3. The maximum Gasteiger partial charge on any atom is 0.311 e. The van der Waals surface area contributed by atoms with Crippen LogP contribution in [-0.2, 0) is 20.7 Å². The quantitative estimate of drug-likeness (QED) is 0.452. The fraction of sp³-hybridized carbons (Fsp3) is 0.208. The van der Waals surface area contributed by atoms with Crippen LogP contribution in [0.4, 0.5) is 5.82 Å². The zero-order chi connectivity index (χ0) is 22.0. The van der Waals surface area contributed by atoms with Gasteiger partial charge in [0.2, 0.25) is 6.10 Å². The van der Waals surface area contributed by atoms with Crippen molar-refractivity contribution in [1.29, 1.82) is 0 Å². The van der Waals surface area contributed by atoms with Crippen LogP contribution in [0.15, 0.2) is 63.7 Å². The van der Waals surface area contributed by atoms with Gasteiger partial charge in [0, 0.05) is 22.6 Å². The number of hydrogen-bond donors (Lipinski definition) is 1. The summed E-state index contributed by atoms with van der Waals surface area (Å²) in [5, 5.41) is 7.25. The van der Waals surface area contributed by atoms with E-state index in [4.69, 9.17) is 13.7 Å². The number of ether oxygens (including phenoxy) is 1. The van der Waals surface area contributed by atoms with E-state index in [1.54, 1.807) is 43.5 Å². The average molecular weight is 418 g/mol. The molecule has 158 valence electrons. The average Bonchev–Trinajstić information content (AvgIpc) is 3.35. The lowest BCUT2D eigenvalue weighted by Crippen LogP contribution is -2.26. The van der Waals surface area contributed by atoms with Crippen molar-refractivity contribution in [1.82, 2.24) is 5.16 Å². The molecular weight excluding hydrogens is 396 g/mol. The molecule has 0 saturated carbocycles. The Morgan fingerprint density at radius 2 is 1.87 bits per heavy atom. The van der Waals surface area contributed by atoms with E-state index in [2.05, 4.69) is 10.5 Å². The van der Waals surface area contributed by atoms with Gasteiger partial charge in [0.05, 0.1) is 12.7 Å². The Morgan fingerprint density at radius 3 is 2.58 bits per heavy atom. The monoisotopic (exact) mass is 418 g/mol. The Morgan fingerprint density at radius 1 is 1.10 bits per heavy atom. The lowest BCUT2D eigenvalue weighted by molar-refractivity contribution is -0.154. The normalized spacial score (nSPS) is 12.0. The summed E-state index contributed by atoms with van der Waals surface area (Å²) in [7, 11) is 0. The molecule has 0 aliphatic heterocycles. The van der Waals surface area contributed by atoms with E-state index in [9.17, 15) is 9.59 Å². The Labute approximate surface area is 179 Å². The molecule has 1 atom stereocenters. The lowest BCUT2D eigenvalue weighted by Gasteiger charge is -2.17. The van der Waals surface area contributed by atoms with E-state index < -0.39 is 18.0 Å². The highest BCUT2D eigenvalue weighted by Crippen LogP contribution is 2.28. The number of esters is 1. The van der Waals surface area contributed by atoms with Gasteiger partial charge in [-0.15, -0.1) is 0 Å². The van der Waals surface area contributed by atoms with Gasteiger partial charge in [-0.25, -0.2) is 0 Å². The lowest BCUT2D eigenvalue weighted by atomic mass is 10.0. The predicted molar refractivity (Wildman–Crippen MR) is 115 cm³/mol. The molecule has 2 aromatic carbocycles. The Bertz CT molecular complexity index is 1240. The van der Waals surface area contributed by atoms with Crippen molar-refractivity contribution in [3.8, 4) is 0 Å². The highest BCUT2D eigenvalue weighted by atomic mass is 16.5. The van der Waals surface area contributed by atoms with Gasteiger partial charge in [0.25, 0.3) is 5.91 Å². The van der Waals surface area contributed by atoms with E-state index in [1.807, 2.05) is 32.0 Å². The SMILES string of the molecule is Cc1cc(NC(=O)C(OC(=O)Cc2coc3c(C)c(C)ccc23)c2ccccc2)no1. The first-order valence-electron chi connectivity index (χ1n) is 9.87. The second-order valence-corrected chi connectivity index (χ2v) is 7.41. The first-order valence-corrected chi connectivity index (χ1v) is 9.87. The molecule has 0 aliphatic rings. The summed E-state index contributed by atoms with van der Waals surface area (Å²) in [4.78, 5) is 25.6. The van der Waals surface area contributed by atoms with Crippen LogP contribution in [0.25, 0.3) is 11.0 Å². The zero-order valence-corrected chi connectivity index (χ0v) is 17.5. The number of nitrogens with one attached hydrogen (secondary N) is 1. The van der Waals surface area contributed by atoms with Crippen LogP contribution in [0.3, 0.4) is 0 Å². The van der Waals surface area contributed by atoms with Gasteiger partial charge in [-0.05, 0) is 31.9 Å². The molecule has 0 saturated heterocycles. The van der Waals surface area contributed by atoms with Crippen molar-refractivity contribution in [2.75, 3.05) is 5.32 Å². The minimum atomic E-state index is -1.13. The third-order valence-corrected chi connectivity index (χ3v) is 5.15. The van der Waals surface area contributed by atoms with Crippen LogP contribution in [-0.4, -0.2) is 17.0 Å². The molecule has 1 unspecified atom stereocenters. The van der Waals surface area contributed by atoms with Gasteiger partial charge in [-0.2, -0.15) is 0 Å². The molecular formula is C24H22N2O5. The van der Waals surface area contributed by atoms with Crippen molar-refractivity contribution < 1.29 is 23.3 Å². The van der Waals surface area contributed by atoms with Gasteiger partial charge in [-0.1, -0.05) is 47.6 Å². The largest absolute Gasteiger partial charge is 0.464 e. The number of anilines is 1. The molecule has 0 radical (unpaired) electrons. The minimum Gasteiger partial charge on any atom is -0.464 e. The van der Waals surface area contributed by atoms with Crippen LogP contribution < -0.4 is 5.32 Å². The number of nitrogens with zero attached hydrogens (tertiary/aromatic N) is 1. The number of aromatic nitrogens is 1. The van der Waals surface area contributed by atoms with Crippen molar-refractivity contribution in [2.24, 2.45) is 0 Å². The topological polar surface area (TPSA) is 94.6 Å². The first-order chi connectivity index (χ1) is 14.9. The van der Waals surface area contributed by atoms with E-state index in [-0.39, 0.29) is 12.2 Å². The molecule has 0 bridgehead atoms. The predicted octanol–water partition coefficient (Wildman–Crippen LogP) is 4.81. The maximum atomic E-state index is 12.9. The van der Waals surface area contributed by atoms with Crippen molar-refractivity contribution >= 4 is 28.7 Å². The number of rotatable bonds is 6. The second kappa shape index (κ2) is 8.47. The highest BCUT2D eigenvalue weighted by Gasteiger charge is 2.26. The van der Waals surface area contributed by atoms with E-state index in [0.717, 1.165) is 22.1 Å². The van der Waals surface area contributed by atoms with Crippen molar-refractivity contribution in [3.05, 3.63) is 82.8 Å². The summed E-state index contributed by atoms with van der Waals surface area (Å²) in [5.74, 6) is -0.246. The third kappa shape index (κ3) is 4.35. The number of hydrogen-bond acceptors (Lipinski definition) is 6. The number of furan rings is 1. The molecule has 7 nitrogen and oxygen atoms in total. The van der Waals surface area contributed by atoms with Crippen LogP contribution in [0.1, 0.15) is 34.1 Å². The number of amides is 1. The molecule has 0 fully saturated rings. The van der Waals surface area contributed by atoms with Crippen molar-refractivity contribution in [2.45, 2.75) is 33.3 Å². The van der Waals surface area contributed by atoms with Crippen LogP contribution >= 0.6 is 0 Å². The Balaban J connectivity index is 1.55. The molecule has 31 heavy (non-hydrogen) atoms. The molecule has 1 N–H and O–H groups in total. The van der Waals surface area contributed by atoms with Gasteiger partial charge >= 0.3 is 5.97 Å². The summed E-state index contributed by atoms with van der Waals surface area (Å²) in [5.41, 5.74) is 4.16. The highest BCUT2D eigenvalue weighted by molar-refractivity contribution is 5.96. The van der Waals surface area contributed by atoms with Gasteiger partial charge in [0.15, 0.2) is 5.82 Å². The summed E-state index contributed by atoms with van der Waals surface area (Å²) in [6.45, 7) is 5.70. The summed E-state index contributed by atoms with van der Waals surface area (Å²) < 4.78 is 16.3.